The fourth-order valence-corrected chi connectivity index (χ4v) is 5.23. The zero-order chi connectivity index (χ0) is 19.9. The van der Waals surface area contributed by atoms with E-state index in [0.29, 0.717) is 12.2 Å². The molecule has 4 rings (SSSR count). The molecule has 0 amide bonds. The van der Waals surface area contributed by atoms with Gasteiger partial charge in [-0.1, -0.05) is 43.9 Å². The molecule has 2 heterocycles. The van der Waals surface area contributed by atoms with E-state index in [1.807, 2.05) is 0 Å². The van der Waals surface area contributed by atoms with Crippen molar-refractivity contribution in [3.8, 4) is 0 Å². The molecule has 1 aliphatic heterocycles. The Kier molecular flexibility index (Phi) is 7.43. The number of unbranched alkanes of at least 4 members (excludes halogenated alkanes) is 2. The van der Waals surface area contributed by atoms with Crippen LogP contribution in [0.1, 0.15) is 81.0 Å². The first kappa shape index (κ1) is 20.7. The number of fused-ring (bicyclic) bond motifs is 1. The number of hydrogen-bond acceptors (Lipinski definition) is 2. The van der Waals surface area contributed by atoms with Gasteiger partial charge in [0.25, 0.3) is 0 Å². The molecule has 0 unspecified atom stereocenters. The first-order chi connectivity index (χ1) is 14.3. The van der Waals surface area contributed by atoms with Crippen molar-refractivity contribution in [1.82, 2.24) is 9.47 Å². The van der Waals surface area contributed by atoms with Gasteiger partial charge in [0, 0.05) is 35.6 Å². The highest BCUT2D eigenvalue weighted by atomic mass is 16.1. The molecule has 1 aliphatic carbocycles. The van der Waals surface area contributed by atoms with Crippen LogP contribution in [0.25, 0.3) is 10.9 Å². The van der Waals surface area contributed by atoms with Gasteiger partial charge in [-0.15, -0.1) is 0 Å². The maximum absolute atomic E-state index is 13.0. The summed E-state index contributed by atoms with van der Waals surface area (Å²) in [5.74, 6) is 1.10. The SMILES string of the molecule is O=C(CCCCCN1CC[CH]CC1)c1cn(CC2CCCCC2)c2ccccc12. The van der Waals surface area contributed by atoms with Crippen LogP contribution in [0.2, 0.25) is 0 Å². The van der Waals surface area contributed by atoms with Crippen molar-refractivity contribution in [3.05, 3.63) is 42.4 Å². The number of likely N-dealkylation sites (tertiary alicyclic amines) is 1. The predicted octanol–water partition coefficient (Wildman–Crippen LogP) is 6.26. The minimum Gasteiger partial charge on any atom is -0.346 e. The summed E-state index contributed by atoms with van der Waals surface area (Å²) >= 11 is 0. The highest BCUT2D eigenvalue weighted by molar-refractivity contribution is 6.08. The van der Waals surface area contributed by atoms with E-state index in [-0.39, 0.29) is 0 Å². The Labute approximate surface area is 176 Å². The molecule has 0 spiro atoms. The topological polar surface area (TPSA) is 25.2 Å². The van der Waals surface area contributed by atoms with Gasteiger partial charge in [-0.2, -0.15) is 0 Å². The number of Topliss-reactive ketones (excluding diaryl/α,β-unsaturated/α-hetero) is 1. The zero-order valence-electron chi connectivity index (χ0n) is 18.0. The summed E-state index contributed by atoms with van der Waals surface area (Å²) in [6.07, 6.45) is 17.9. The molecule has 2 aromatic rings. The van der Waals surface area contributed by atoms with Crippen molar-refractivity contribution in [3.63, 3.8) is 0 Å². The van der Waals surface area contributed by atoms with Crippen LogP contribution in [0.15, 0.2) is 30.5 Å². The number of piperidine rings is 1. The second-order valence-electron chi connectivity index (χ2n) is 9.16. The lowest BCUT2D eigenvalue weighted by molar-refractivity contribution is 0.0980. The van der Waals surface area contributed by atoms with Crippen LogP contribution < -0.4 is 0 Å². The van der Waals surface area contributed by atoms with E-state index in [1.54, 1.807) is 0 Å². The quantitative estimate of drug-likeness (QED) is 0.371. The fraction of sp³-hybridized carbons (Fsp3) is 0.615. The van der Waals surface area contributed by atoms with Crippen molar-refractivity contribution >= 4 is 16.7 Å². The Morgan fingerprint density at radius 1 is 0.966 bits per heavy atom. The summed E-state index contributed by atoms with van der Waals surface area (Å²) < 4.78 is 2.37. The number of benzene rings is 1. The van der Waals surface area contributed by atoms with Crippen LogP contribution in [0.5, 0.6) is 0 Å². The summed E-state index contributed by atoms with van der Waals surface area (Å²) in [5.41, 5.74) is 2.19. The predicted molar refractivity (Wildman–Crippen MR) is 121 cm³/mol. The van der Waals surface area contributed by atoms with Crippen molar-refractivity contribution in [2.45, 2.75) is 77.2 Å². The number of carbonyl (C=O) groups is 1. The summed E-state index contributed by atoms with van der Waals surface area (Å²) in [6.45, 7) is 4.71. The summed E-state index contributed by atoms with van der Waals surface area (Å²) in [4.78, 5) is 15.6. The smallest absolute Gasteiger partial charge is 0.165 e. The van der Waals surface area contributed by atoms with Crippen molar-refractivity contribution in [1.29, 1.82) is 0 Å². The largest absolute Gasteiger partial charge is 0.346 e. The maximum Gasteiger partial charge on any atom is 0.165 e. The van der Waals surface area contributed by atoms with Gasteiger partial charge in [0.05, 0.1) is 0 Å². The molecule has 1 saturated carbocycles. The normalized spacial score (nSPS) is 19.0. The van der Waals surface area contributed by atoms with Crippen molar-refractivity contribution in [2.75, 3.05) is 19.6 Å². The molecular weight excluding hydrogens is 356 g/mol. The maximum atomic E-state index is 13.0. The Morgan fingerprint density at radius 2 is 1.76 bits per heavy atom. The molecule has 1 saturated heterocycles. The van der Waals surface area contributed by atoms with Crippen LogP contribution in [0.3, 0.4) is 0 Å². The van der Waals surface area contributed by atoms with Crippen LogP contribution in [-0.4, -0.2) is 34.9 Å². The van der Waals surface area contributed by atoms with E-state index in [2.05, 4.69) is 46.4 Å². The highest BCUT2D eigenvalue weighted by Gasteiger charge is 2.19. The lowest BCUT2D eigenvalue weighted by Crippen LogP contribution is -2.30. The Bertz CT molecular complexity index is 781. The summed E-state index contributed by atoms with van der Waals surface area (Å²) in [5, 5.41) is 1.15. The highest BCUT2D eigenvalue weighted by Crippen LogP contribution is 2.29. The van der Waals surface area contributed by atoms with Gasteiger partial charge in [0.2, 0.25) is 0 Å². The number of ketones is 1. The molecule has 2 fully saturated rings. The standard InChI is InChI=1S/C26H37N2O/c29-26(16-6-2-9-17-27-18-10-3-11-19-27)24-21-28(20-22-12-4-1-5-13-22)25-15-8-7-14-23(24)25/h3,7-8,14-15,21-22H,1-2,4-6,9-13,16-20H2. The Hall–Kier alpha value is -1.61. The molecule has 157 valence electrons. The number of carbonyl (C=O) groups excluding carboxylic acids is 1. The van der Waals surface area contributed by atoms with Gasteiger partial charge < -0.3 is 9.47 Å². The van der Waals surface area contributed by atoms with Gasteiger partial charge in [-0.3, -0.25) is 4.79 Å². The fourth-order valence-electron chi connectivity index (χ4n) is 5.23. The second kappa shape index (κ2) is 10.4. The molecule has 0 atom stereocenters. The lowest BCUT2D eigenvalue weighted by atomic mass is 9.89. The molecule has 29 heavy (non-hydrogen) atoms. The lowest BCUT2D eigenvalue weighted by Gasteiger charge is -2.26. The molecular formula is C26H37N2O. The van der Waals surface area contributed by atoms with Gasteiger partial charge in [-0.25, -0.2) is 0 Å². The van der Waals surface area contributed by atoms with Crippen molar-refractivity contribution in [2.24, 2.45) is 5.92 Å². The second-order valence-corrected chi connectivity index (χ2v) is 9.16. The van der Waals surface area contributed by atoms with Crippen LogP contribution in [-0.2, 0) is 6.54 Å². The van der Waals surface area contributed by atoms with Gasteiger partial charge in [0.15, 0.2) is 5.78 Å². The van der Waals surface area contributed by atoms with Crippen LogP contribution in [0, 0.1) is 12.3 Å². The first-order valence-electron chi connectivity index (χ1n) is 12.0. The number of hydrogen-bond donors (Lipinski definition) is 0. The molecule has 2 aliphatic rings. The Morgan fingerprint density at radius 3 is 2.59 bits per heavy atom. The van der Waals surface area contributed by atoms with E-state index in [0.717, 1.165) is 36.3 Å². The van der Waals surface area contributed by atoms with Gasteiger partial charge >= 0.3 is 0 Å². The minimum absolute atomic E-state index is 0.330. The molecule has 1 aromatic carbocycles. The minimum atomic E-state index is 0.330. The molecule has 3 nitrogen and oxygen atoms in total. The van der Waals surface area contributed by atoms with Crippen LogP contribution in [0.4, 0.5) is 0 Å². The van der Waals surface area contributed by atoms with Crippen LogP contribution >= 0.6 is 0 Å². The zero-order valence-corrected chi connectivity index (χ0v) is 18.0. The number of rotatable bonds is 9. The van der Waals surface area contributed by atoms with E-state index >= 15 is 0 Å². The number of aromatic nitrogens is 1. The van der Waals surface area contributed by atoms with E-state index in [1.165, 1.54) is 76.5 Å². The molecule has 1 aromatic heterocycles. The van der Waals surface area contributed by atoms with Gasteiger partial charge in [-0.05, 0) is 76.6 Å². The number of nitrogens with zero attached hydrogens (tertiary/aromatic N) is 2. The van der Waals surface area contributed by atoms with Crippen molar-refractivity contribution < 1.29 is 4.79 Å². The van der Waals surface area contributed by atoms with Gasteiger partial charge in [0.1, 0.15) is 0 Å². The third-order valence-corrected chi connectivity index (χ3v) is 6.95. The molecule has 0 bridgehead atoms. The molecule has 3 heteroatoms. The Balaban J connectivity index is 1.32. The summed E-state index contributed by atoms with van der Waals surface area (Å²) in [6, 6.07) is 8.49. The van der Waals surface area contributed by atoms with E-state index in [9.17, 15) is 4.79 Å². The first-order valence-corrected chi connectivity index (χ1v) is 12.0. The monoisotopic (exact) mass is 393 g/mol. The third kappa shape index (κ3) is 5.51. The van der Waals surface area contributed by atoms with E-state index in [4.69, 9.17) is 0 Å². The molecule has 0 N–H and O–H groups in total. The molecule has 1 radical (unpaired) electrons. The van der Waals surface area contributed by atoms with E-state index < -0.39 is 0 Å². The summed E-state index contributed by atoms with van der Waals surface area (Å²) in [7, 11) is 0. The average Bonchev–Trinajstić information content (AvgIpc) is 3.13. The number of para-hydroxylation sites is 1. The average molecular weight is 394 g/mol. The third-order valence-electron chi connectivity index (χ3n) is 6.95.